The molecular formula is C16H27N3. The molecule has 1 aromatic heterocycles. The summed E-state index contributed by atoms with van der Waals surface area (Å²) in [6.07, 6.45) is 3.18. The third kappa shape index (κ3) is 3.57. The molecule has 3 nitrogen and oxygen atoms in total. The molecule has 1 aliphatic rings. The predicted octanol–water partition coefficient (Wildman–Crippen LogP) is 3.93. The summed E-state index contributed by atoms with van der Waals surface area (Å²) < 4.78 is 2.31. The van der Waals surface area contributed by atoms with Gasteiger partial charge in [0.25, 0.3) is 0 Å². The van der Waals surface area contributed by atoms with E-state index in [1.165, 1.54) is 17.5 Å². The van der Waals surface area contributed by atoms with Crippen LogP contribution in [0.2, 0.25) is 0 Å². The maximum absolute atomic E-state index is 4.44. The molecule has 0 amide bonds. The molecule has 1 N–H and O–H groups in total. The smallest absolute Gasteiger partial charge is 0.0961 e. The molecule has 19 heavy (non-hydrogen) atoms. The summed E-state index contributed by atoms with van der Waals surface area (Å²) in [7, 11) is 0. The van der Waals surface area contributed by atoms with Gasteiger partial charge in [0.2, 0.25) is 0 Å². The third-order valence-electron chi connectivity index (χ3n) is 3.16. The lowest BCUT2D eigenvalue weighted by Gasteiger charge is -2.11. The molecule has 0 spiro atoms. The van der Waals surface area contributed by atoms with Crippen LogP contribution in [0.15, 0.2) is 24.5 Å². The molecule has 1 atom stereocenters. The third-order valence-corrected chi connectivity index (χ3v) is 3.16. The van der Waals surface area contributed by atoms with E-state index in [4.69, 9.17) is 0 Å². The van der Waals surface area contributed by atoms with E-state index < -0.39 is 0 Å². The van der Waals surface area contributed by atoms with Crippen LogP contribution in [-0.2, 0) is 0 Å². The van der Waals surface area contributed by atoms with Crippen LogP contribution in [0.5, 0.6) is 0 Å². The zero-order valence-corrected chi connectivity index (χ0v) is 12.9. The second-order valence-corrected chi connectivity index (χ2v) is 4.29. The summed E-state index contributed by atoms with van der Waals surface area (Å²) in [5, 5.41) is 3.39. The summed E-state index contributed by atoms with van der Waals surface area (Å²) in [4.78, 5) is 4.44. The molecule has 0 aliphatic carbocycles. The Kier molecular flexibility index (Phi) is 6.57. The highest BCUT2D eigenvalue weighted by Gasteiger charge is 2.17. The second-order valence-electron chi connectivity index (χ2n) is 4.29. The summed E-state index contributed by atoms with van der Waals surface area (Å²) in [6, 6.07) is 7.02. The van der Waals surface area contributed by atoms with Crippen molar-refractivity contribution in [3.63, 3.8) is 0 Å². The second kappa shape index (κ2) is 7.95. The van der Waals surface area contributed by atoms with Gasteiger partial charge in [0.15, 0.2) is 0 Å². The van der Waals surface area contributed by atoms with Gasteiger partial charge in [-0.2, -0.15) is 0 Å². The van der Waals surface area contributed by atoms with Crippen molar-refractivity contribution in [3.05, 3.63) is 30.1 Å². The van der Waals surface area contributed by atoms with Crippen molar-refractivity contribution in [2.75, 3.05) is 13.1 Å². The predicted molar refractivity (Wildman–Crippen MR) is 83.7 cm³/mol. The Morgan fingerprint density at radius 3 is 2.58 bits per heavy atom. The number of hydrogen-bond donors (Lipinski definition) is 1. The topological polar surface area (TPSA) is 29.9 Å². The van der Waals surface area contributed by atoms with Crippen LogP contribution < -0.4 is 5.32 Å². The van der Waals surface area contributed by atoms with Crippen LogP contribution in [0.25, 0.3) is 11.0 Å². The first kappa shape index (κ1) is 15.7. The lowest BCUT2D eigenvalue weighted by molar-refractivity contribution is 0.561. The number of nitrogens with one attached hydrogen (secondary N) is 1. The number of aryl methyl sites for hydroxylation is 1. The number of nitrogens with zero attached hydrogens (tertiary/aromatic N) is 2. The zero-order chi connectivity index (χ0) is 14.3. The van der Waals surface area contributed by atoms with Crippen LogP contribution in [0.3, 0.4) is 0 Å². The van der Waals surface area contributed by atoms with Gasteiger partial charge < -0.3 is 9.88 Å². The van der Waals surface area contributed by atoms with Crippen molar-refractivity contribution < 1.29 is 0 Å². The minimum absolute atomic E-state index is 0.580. The van der Waals surface area contributed by atoms with Gasteiger partial charge in [-0.1, -0.05) is 33.8 Å². The Hall–Kier alpha value is -1.35. The van der Waals surface area contributed by atoms with E-state index in [-0.39, 0.29) is 0 Å². The van der Waals surface area contributed by atoms with Crippen molar-refractivity contribution in [2.24, 2.45) is 0 Å². The van der Waals surface area contributed by atoms with Crippen molar-refractivity contribution in [1.29, 1.82) is 0 Å². The van der Waals surface area contributed by atoms with Gasteiger partial charge in [-0.3, -0.25) is 0 Å². The van der Waals surface area contributed by atoms with Gasteiger partial charge in [0.1, 0.15) is 0 Å². The molecule has 0 radical (unpaired) electrons. The highest BCUT2D eigenvalue weighted by molar-refractivity contribution is 5.76. The van der Waals surface area contributed by atoms with E-state index in [1.54, 1.807) is 0 Å². The van der Waals surface area contributed by atoms with Crippen LogP contribution in [-0.4, -0.2) is 22.6 Å². The van der Waals surface area contributed by atoms with Crippen molar-refractivity contribution in [2.45, 2.75) is 47.1 Å². The SMILES string of the molecule is CC.CC.Cc1ccc2ncn(C3CCNC3)c2c1. The summed E-state index contributed by atoms with van der Waals surface area (Å²) >= 11 is 0. The average molecular weight is 261 g/mol. The monoisotopic (exact) mass is 261 g/mol. The van der Waals surface area contributed by atoms with Gasteiger partial charge in [0.05, 0.1) is 17.4 Å². The van der Waals surface area contributed by atoms with E-state index in [1.807, 2.05) is 34.0 Å². The Bertz CT molecular complexity index is 482. The standard InChI is InChI=1S/C12H15N3.2C2H6/c1-9-2-3-11-12(6-9)15(8-14-11)10-4-5-13-7-10;2*1-2/h2-3,6,8,10,13H,4-5,7H2,1H3;2*1-2H3. The highest BCUT2D eigenvalue weighted by atomic mass is 15.1. The summed E-state index contributed by atoms with van der Waals surface area (Å²) in [5.74, 6) is 0. The van der Waals surface area contributed by atoms with Crippen LogP contribution >= 0.6 is 0 Å². The van der Waals surface area contributed by atoms with Gasteiger partial charge in [-0.25, -0.2) is 4.98 Å². The minimum Gasteiger partial charge on any atom is -0.326 e. The Balaban J connectivity index is 0.000000415. The molecule has 2 heterocycles. The van der Waals surface area contributed by atoms with Crippen molar-refractivity contribution in [1.82, 2.24) is 14.9 Å². The lowest BCUT2D eigenvalue weighted by atomic mass is 10.2. The molecule has 0 saturated carbocycles. The van der Waals surface area contributed by atoms with Crippen LogP contribution in [0, 0.1) is 6.92 Å². The molecule has 0 bridgehead atoms. The molecule has 1 unspecified atom stereocenters. The first-order valence-corrected chi connectivity index (χ1v) is 7.48. The average Bonchev–Trinajstić information content (AvgIpc) is 3.11. The quantitative estimate of drug-likeness (QED) is 0.843. The van der Waals surface area contributed by atoms with E-state index >= 15 is 0 Å². The highest BCUT2D eigenvalue weighted by Crippen LogP contribution is 2.22. The molecule has 1 aromatic carbocycles. The fourth-order valence-electron chi connectivity index (χ4n) is 2.30. The maximum Gasteiger partial charge on any atom is 0.0961 e. The molecule has 106 valence electrons. The minimum atomic E-state index is 0.580. The lowest BCUT2D eigenvalue weighted by Crippen LogP contribution is -2.12. The first-order valence-electron chi connectivity index (χ1n) is 7.48. The molecule has 3 heteroatoms. The number of hydrogen-bond acceptors (Lipinski definition) is 2. The normalized spacial score (nSPS) is 17.4. The van der Waals surface area contributed by atoms with E-state index in [2.05, 4.69) is 40.0 Å². The number of imidazole rings is 1. The number of rotatable bonds is 1. The summed E-state index contributed by atoms with van der Waals surface area (Å²) in [5.41, 5.74) is 3.67. The number of benzene rings is 1. The fourth-order valence-corrected chi connectivity index (χ4v) is 2.30. The number of aromatic nitrogens is 2. The molecule has 1 fully saturated rings. The van der Waals surface area contributed by atoms with E-state index in [0.29, 0.717) is 6.04 Å². The number of fused-ring (bicyclic) bond motifs is 1. The van der Waals surface area contributed by atoms with Crippen LogP contribution in [0.1, 0.15) is 45.7 Å². The summed E-state index contributed by atoms with van der Waals surface area (Å²) in [6.45, 7) is 12.3. The molecule has 1 saturated heterocycles. The molecule has 2 aromatic rings. The van der Waals surface area contributed by atoms with E-state index in [9.17, 15) is 0 Å². The largest absolute Gasteiger partial charge is 0.326 e. The van der Waals surface area contributed by atoms with Gasteiger partial charge in [0, 0.05) is 12.6 Å². The van der Waals surface area contributed by atoms with Gasteiger partial charge in [-0.05, 0) is 37.6 Å². The van der Waals surface area contributed by atoms with Gasteiger partial charge in [-0.15, -0.1) is 0 Å². The zero-order valence-electron chi connectivity index (χ0n) is 12.9. The van der Waals surface area contributed by atoms with Crippen molar-refractivity contribution >= 4 is 11.0 Å². The molecule has 3 rings (SSSR count). The Morgan fingerprint density at radius 2 is 1.95 bits per heavy atom. The maximum atomic E-state index is 4.44. The Labute approximate surface area is 117 Å². The molecule has 1 aliphatic heterocycles. The molecular weight excluding hydrogens is 234 g/mol. The van der Waals surface area contributed by atoms with Crippen LogP contribution in [0.4, 0.5) is 0 Å². The van der Waals surface area contributed by atoms with E-state index in [0.717, 1.165) is 18.6 Å². The van der Waals surface area contributed by atoms with Crippen molar-refractivity contribution in [3.8, 4) is 0 Å². The fraction of sp³-hybridized carbons (Fsp3) is 0.562. The van der Waals surface area contributed by atoms with Gasteiger partial charge >= 0.3 is 0 Å². The first-order chi connectivity index (χ1) is 9.34. The Morgan fingerprint density at radius 1 is 1.21 bits per heavy atom.